The predicted molar refractivity (Wildman–Crippen MR) is 79.7 cm³/mol. The van der Waals surface area contributed by atoms with Gasteiger partial charge < -0.3 is 15.5 Å². The Morgan fingerprint density at radius 2 is 2.16 bits per heavy atom. The number of carbonyl (C=O) groups is 1. The van der Waals surface area contributed by atoms with Gasteiger partial charge in [0.1, 0.15) is 0 Å². The van der Waals surface area contributed by atoms with Crippen LogP contribution in [0.5, 0.6) is 0 Å². The van der Waals surface area contributed by atoms with Crippen molar-refractivity contribution in [3.8, 4) is 0 Å². The van der Waals surface area contributed by atoms with E-state index in [4.69, 9.17) is 0 Å². The Balaban J connectivity index is 2.13. The molecule has 1 aromatic rings. The highest BCUT2D eigenvalue weighted by Gasteiger charge is 2.29. The maximum absolute atomic E-state index is 11.9. The molecule has 0 radical (unpaired) electrons. The average molecular weight is 261 g/mol. The molecular weight excluding hydrogens is 238 g/mol. The van der Waals surface area contributed by atoms with Gasteiger partial charge in [-0.25, -0.2) is 0 Å². The molecule has 19 heavy (non-hydrogen) atoms. The minimum atomic E-state index is -0.0284. The average Bonchev–Trinajstić information content (AvgIpc) is 2.35. The third-order valence-corrected chi connectivity index (χ3v) is 3.21. The minimum absolute atomic E-state index is 0.0284. The van der Waals surface area contributed by atoms with E-state index in [0.717, 1.165) is 30.9 Å². The van der Waals surface area contributed by atoms with E-state index in [1.54, 1.807) is 0 Å². The van der Waals surface area contributed by atoms with E-state index < -0.39 is 0 Å². The lowest BCUT2D eigenvalue weighted by Gasteiger charge is -2.41. The van der Waals surface area contributed by atoms with Gasteiger partial charge in [-0.3, -0.25) is 4.79 Å². The Labute approximate surface area is 115 Å². The van der Waals surface area contributed by atoms with Crippen LogP contribution in [0.15, 0.2) is 24.3 Å². The molecule has 0 saturated carbocycles. The van der Waals surface area contributed by atoms with Gasteiger partial charge in [-0.2, -0.15) is 0 Å². The third kappa shape index (κ3) is 3.40. The summed E-state index contributed by atoms with van der Waals surface area (Å²) in [6.45, 7) is 8.35. The van der Waals surface area contributed by atoms with Crippen molar-refractivity contribution in [2.75, 3.05) is 29.9 Å². The van der Waals surface area contributed by atoms with E-state index in [1.807, 2.05) is 12.1 Å². The van der Waals surface area contributed by atoms with Gasteiger partial charge in [0.25, 0.3) is 0 Å². The molecule has 0 aromatic heterocycles. The Hall–Kier alpha value is -1.71. The fourth-order valence-electron chi connectivity index (χ4n) is 2.46. The van der Waals surface area contributed by atoms with Crippen molar-refractivity contribution < 1.29 is 4.79 Å². The number of nitrogens with zero attached hydrogens (tertiary/aromatic N) is 1. The molecule has 1 aliphatic heterocycles. The molecule has 1 aliphatic rings. The van der Waals surface area contributed by atoms with Gasteiger partial charge in [0.05, 0.1) is 17.9 Å². The Bertz CT molecular complexity index is 456. The van der Waals surface area contributed by atoms with Gasteiger partial charge >= 0.3 is 0 Å². The molecule has 104 valence electrons. The van der Waals surface area contributed by atoms with E-state index in [0.29, 0.717) is 6.54 Å². The van der Waals surface area contributed by atoms with Crippen molar-refractivity contribution in [2.24, 2.45) is 0 Å². The first kappa shape index (κ1) is 13.7. The lowest BCUT2D eigenvalue weighted by Crippen LogP contribution is -2.51. The van der Waals surface area contributed by atoms with E-state index >= 15 is 0 Å². The molecule has 4 nitrogen and oxygen atoms in total. The molecule has 0 unspecified atom stereocenters. The maximum atomic E-state index is 11.9. The van der Waals surface area contributed by atoms with Crippen LogP contribution >= 0.6 is 0 Å². The zero-order chi connectivity index (χ0) is 13.9. The van der Waals surface area contributed by atoms with Gasteiger partial charge in [0, 0.05) is 18.6 Å². The molecule has 4 heteroatoms. The van der Waals surface area contributed by atoms with Crippen LogP contribution in [0.4, 0.5) is 11.4 Å². The lowest BCUT2D eigenvalue weighted by atomic mass is 9.99. The summed E-state index contributed by atoms with van der Waals surface area (Å²) in [6, 6.07) is 8.15. The summed E-state index contributed by atoms with van der Waals surface area (Å²) in [7, 11) is 0. The first-order valence-electron chi connectivity index (χ1n) is 6.91. The van der Waals surface area contributed by atoms with Gasteiger partial charge in [0.2, 0.25) is 5.91 Å². The second-order valence-corrected chi connectivity index (χ2v) is 5.73. The molecule has 0 saturated heterocycles. The number of amides is 1. The van der Waals surface area contributed by atoms with Crippen LogP contribution in [0, 0.1) is 0 Å². The zero-order valence-corrected chi connectivity index (χ0v) is 12.0. The van der Waals surface area contributed by atoms with Gasteiger partial charge in [-0.05, 0) is 32.4 Å². The number of hydrogen-bond acceptors (Lipinski definition) is 3. The molecule has 0 aliphatic carbocycles. The number of nitrogens with one attached hydrogen (secondary N) is 2. The summed E-state index contributed by atoms with van der Waals surface area (Å²) < 4.78 is 0. The summed E-state index contributed by atoms with van der Waals surface area (Å²) >= 11 is 0. The molecule has 1 aromatic carbocycles. The first-order valence-corrected chi connectivity index (χ1v) is 6.91. The van der Waals surface area contributed by atoms with E-state index in [1.165, 1.54) is 0 Å². The Morgan fingerprint density at radius 1 is 1.42 bits per heavy atom. The first-order chi connectivity index (χ1) is 9.02. The minimum Gasteiger partial charge on any atom is -0.377 e. The van der Waals surface area contributed by atoms with Gasteiger partial charge in [-0.1, -0.05) is 19.1 Å². The number of para-hydroxylation sites is 2. The van der Waals surface area contributed by atoms with Crippen LogP contribution in [0.1, 0.15) is 27.2 Å². The van der Waals surface area contributed by atoms with Crippen LogP contribution in [0.3, 0.4) is 0 Å². The molecule has 0 atom stereocenters. The molecule has 0 bridgehead atoms. The normalized spacial score (nSPS) is 16.5. The number of anilines is 2. The fourth-order valence-corrected chi connectivity index (χ4v) is 2.46. The molecule has 0 spiro atoms. The van der Waals surface area contributed by atoms with Gasteiger partial charge in [0.15, 0.2) is 0 Å². The highest BCUT2D eigenvalue weighted by atomic mass is 16.2. The summed E-state index contributed by atoms with van der Waals surface area (Å²) in [6.07, 6.45) is 0.968. The molecule has 0 fully saturated rings. The fraction of sp³-hybridized carbons (Fsp3) is 0.533. The topological polar surface area (TPSA) is 44.4 Å². The third-order valence-electron chi connectivity index (χ3n) is 3.21. The van der Waals surface area contributed by atoms with Crippen molar-refractivity contribution in [3.63, 3.8) is 0 Å². The van der Waals surface area contributed by atoms with Crippen molar-refractivity contribution in [2.45, 2.75) is 32.7 Å². The van der Waals surface area contributed by atoms with Gasteiger partial charge in [-0.15, -0.1) is 0 Å². The monoisotopic (exact) mass is 261 g/mol. The summed E-state index contributed by atoms with van der Waals surface area (Å²) in [5, 5.41) is 6.45. The standard InChI is InChI=1S/C15H23N3O/c1-4-9-16-14(19)10-18-11-15(2,3)17-12-7-5-6-8-13(12)18/h5-8,17H,4,9-11H2,1-3H3,(H,16,19). The number of benzene rings is 1. The molecule has 1 amide bonds. The number of hydrogen-bond donors (Lipinski definition) is 2. The highest BCUT2D eigenvalue weighted by molar-refractivity contribution is 5.84. The highest BCUT2D eigenvalue weighted by Crippen LogP contribution is 2.33. The van der Waals surface area contributed by atoms with Crippen molar-refractivity contribution in [3.05, 3.63) is 24.3 Å². The molecule has 2 N–H and O–H groups in total. The van der Waals surface area contributed by atoms with Crippen molar-refractivity contribution >= 4 is 17.3 Å². The molecular formula is C15H23N3O. The summed E-state index contributed by atoms with van der Waals surface area (Å²) in [4.78, 5) is 14.1. The Kier molecular flexibility index (Phi) is 3.98. The van der Waals surface area contributed by atoms with E-state index in [2.05, 4.69) is 48.4 Å². The molecule has 2 rings (SSSR count). The molecule has 1 heterocycles. The summed E-state index contributed by atoms with van der Waals surface area (Å²) in [5.41, 5.74) is 2.18. The number of carbonyl (C=O) groups excluding carboxylic acids is 1. The zero-order valence-electron chi connectivity index (χ0n) is 12.0. The Morgan fingerprint density at radius 3 is 2.89 bits per heavy atom. The van der Waals surface area contributed by atoms with Crippen LogP contribution < -0.4 is 15.5 Å². The van der Waals surface area contributed by atoms with E-state index in [-0.39, 0.29) is 11.4 Å². The quantitative estimate of drug-likeness (QED) is 0.873. The van der Waals surface area contributed by atoms with Crippen LogP contribution in [-0.4, -0.2) is 31.1 Å². The van der Waals surface area contributed by atoms with Crippen molar-refractivity contribution in [1.29, 1.82) is 0 Å². The second kappa shape index (κ2) is 5.51. The van der Waals surface area contributed by atoms with Crippen LogP contribution in [0.25, 0.3) is 0 Å². The number of rotatable bonds is 4. The van der Waals surface area contributed by atoms with Crippen LogP contribution in [0.2, 0.25) is 0 Å². The summed E-state index contributed by atoms with van der Waals surface area (Å²) in [5.74, 6) is 0.0920. The lowest BCUT2D eigenvalue weighted by molar-refractivity contribution is -0.119. The van der Waals surface area contributed by atoms with Crippen molar-refractivity contribution in [1.82, 2.24) is 5.32 Å². The van der Waals surface area contributed by atoms with E-state index in [9.17, 15) is 4.79 Å². The predicted octanol–water partition coefficient (Wildman–Crippen LogP) is 2.22. The SMILES string of the molecule is CCCNC(=O)CN1CC(C)(C)Nc2ccccc21. The second-order valence-electron chi connectivity index (χ2n) is 5.73. The largest absolute Gasteiger partial charge is 0.377 e. The smallest absolute Gasteiger partial charge is 0.239 e. The maximum Gasteiger partial charge on any atom is 0.239 e. The number of fused-ring (bicyclic) bond motifs is 1. The van der Waals surface area contributed by atoms with Crippen LogP contribution in [-0.2, 0) is 4.79 Å².